The molecule has 2 atom stereocenters. The van der Waals surface area contributed by atoms with Crippen LogP contribution in [0.25, 0.3) is 0 Å². The lowest BCUT2D eigenvalue weighted by Gasteiger charge is -2.47. The molecule has 21 heavy (non-hydrogen) atoms. The van der Waals surface area contributed by atoms with Crippen LogP contribution in [0.1, 0.15) is 43.7 Å². The zero-order valence-corrected chi connectivity index (χ0v) is 13.1. The Morgan fingerprint density at radius 2 is 1.90 bits per heavy atom. The van der Waals surface area contributed by atoms with E-state index in [0.717, 1.165) is 56.6 Å². The number of aliphatic hydroxyl groups is 1. The molecule has 0 aromatic heterocycles. The Morgan fingerprint density at radius 3 is 2.62 bits per heavy atom. The fraction of sp³-hybridized carbons (Fsp3) is 0.667. The summed E-state index contributed by atoms with van der Waals surface area (Å²) in [6.45, 7) is 6.34. The van der Waals surface area contributed by atoms with Crippen LogP contribution in [0.15, 0.2) is 24.3 Å². The van der Waals surface area contributed by atoms with Crippen molar-refractivity contribution in [3.63, 3.8) is 0 Å². The molecule has 116 valence electrons. The van der Waals surface area contributed by atoms with Gasteiger partial charge in [-0.2, -0.15) is 0 Å². The van der Waals surface area contributed by atoms with Crippen LogP contribution in [-0.4, -0.2) is 30.5 Å². The zero-order valence-electron chi connectivity index (χ0n) is 13.1. The van der Waals surface area contributed by atoms with Gasteiger partial charge in [0.15, 0.2) is 0 Å². The lowest BCUT2D eigenvalue weighted by molar-refractivity contribution is -0.174. The number of benzene rings is 1. The number of rotatable bonds is 2. The highest BCUT2D eigenvalue weighted by atomic mass is 16.5. The van der Waals surface area contributed by atoms with E-state index in [1.165, 1.54) is 0 Å². The lowest BCUT2D eigenvalue weighted by atomic mass is 9.71. The molecule has 3 heteroatoms. The summed E-state index contributed by atoms with van der Waals surface area (Å²) in [5.41, 5.74) is 1.35. The van der Waals surface area contributed by atoms with Crippen molar-refractivity contribution in [3.05, 3.63) is 35.4 Å². The van der Waals surface area contributed by atoms with Gasteiger partial charge in [0, 0.05) is 19.8 Å². The van der Waals surface area contributed by atoms with Crippen LogP contribution in [-0.2, 0) is 15.1 Å². The maximum absolute atomic E-state index is 11.2. The van der Waals surface area contributed by atoms with E-state index in [2.05, 4.69) is 19.1 Å². The van der Waals surface area contributed by atoms with E-state index < -0.39 is 5.60 Å². The molecule has 1 spiro atoms. The molecule has 3 nitrogen and oxygen atoms in total. The van der Waals surface area contributed by atoms with Crippen LogP contribution in [0.5, 0.6) is 0 Å². The molecule has 0 saturated carbocycles. The van der Waals surface area contributed by atoms with E-state index in [4.69, 9.17) is 9.47 Å². The van der Waals surface area contributed by atoms with Crippen LogP contribution in [0.3, 0.4) is 0 Å². The van der Waals surface area contributed by atoms with Crippen molar-refractivity contribution >= 4 is 0 Å². The van der Waals surface area contributed by atoms with Crippen molar-refractivity contribution in [1.82, 2.24) is 0 Å². The fourth-order valence-corrected chi connectivity index (χ4v) is 3.96. The Morgan fingerprint density at radius 1 is 1.19 bits per heavy atom. The van der Waals surface area contributed by atoms with E-state index in [-0.39, 0.29) is 11.5 Å². The SMILES string of the molecule is Cc1ccccc1C(C)(O)C1CCOC2(CCOCC2)C1. The highest BCUT2D eigenvalue weighted by molar-refractivity contribution is 5.31. The van der Waals surface area contributed by atoms with Crippen LogP contribution < -0.4 is 0 Å². The van der Waals surface area contributed by atoms with E-state index in [0.29, 0.717) is 0 Å². The lowest BCUT2D eigenvalue weighted by Crippen LogP contribution is -2.49. The molecule has 2 saturated heterocycles. The average Bonchev–Trinajstić information content (AvgIpc) is 2.48. The zero-order chi connectivity index (χ0) is 14.9. The maximum atomic E-state index is 11.2. The van der Waals surface area contributed by atoms with Crippen LogP contribution in [0.2, 0.25) is 0 Å². The second-order valence-electron chi connectivity index (χ2n) is 6.80. The minimum Gasteiger partial charge on any atom is -0.385 e. The second kappa shape index (κ2) is 5.71. The highest BCUT2D eigenvalue weighted by Gasteiger charge is 2.45. The monoisotopic (exact) mass is 290 g/mol. The van der Waals surface area contributed by atoms with Crippen molar-refractivity contribution in [3.8, 4) is 0 Å². The summed E-state index contributed by atoms with van der Waals surface area (Å²) in [7, 11) is 0. The number of aryl methyl sites for hydroxylation is 1. The van der Waals surface area contributed by atoms with Crippen molar-refractivity contribution in [2.24, 2.45) is 5.92 Å². The van der Waals surface area contributed by atoms with E-state index in [1.807, 2.05) is 19.1 Å². The second-order valence-corrected chi connectivity index (χ2v) is 6.80. The summed E-state index contributed by atoms with van der Waals surface area (Å²) in [6, 6.07) is 8.17. The molecule has 0 bridgehead atoms. The summed E-state index contributed by atoms with van der Waals surface area (Å²) in [5.74, 6) is 0.241. The third-order valence-electron chi connectivity index (χ3n) is 5.38. The van der Waals surface area contributed by atoms with Gasteiger partial charge < -0.3 is 14.6 Å². The average molecular weight is 290 g/mol. The number of ether oxygens (including phenoxy) is 2. The smallest absolute Gasteiger partial charge is 0.0901 e. The van der Waals surface area contributed by atoms with Gasteiger partial charge in [0.1, 0.15) is 0 Å². The Balaban J connectivity index is 1.83. The van der Waals surface area contributed by atoms with Crippen LogP contribution in [0, 0.1) is 12.8 Å². The van der Waals surface area contributed by atoms with Crippen LogP contribution in [0.4, 0.5) is 0 Å². The Kier molecular flexibility index (Phi) is 4.08. The molecule has 2 aliphatic heterocycles. The molecular formula is C18H26O3. The minimum absolute atomic E-state index is 0.0756. The topological polar surface area (TPSA) is 38.7 Å². The van der Waals surface area contributed by atoms with Gasteiger partial charge in [-0.05, 0) is 56.6 Å². The Labute approximate surface area is 127 Å². The molecule has 3 rings (SSSR count). The predicted octanol–water partition coefficient (Wildman–Crippen LogP) is 3.18. The molecule has 0 amide bonds. The highest BCUT2D eigenvalue weighted by Crippen LogP contribution is 2.45. The molecule has 2 unspecified atom stereocenters. The minimum atomic E-state index is -0.791. The largest absolute Gasteiger partial charge is 0.385 e. The predicted molar refractivity (Wildman–Crippen MR) is 82.2 cm³/mol. The first-order chi connectivity index (χ1) is 10.0. The first kappa shape index (κ1) is 15.0. The summed E-state index contributed by atoms with van der Waals surface area (Å²) in [4.78, 5) is 0. The standard InChI is InChI=1S/C18H26O3/c1-14-5-3-4-6-16(14)17(2,19)15-7-10-21-18(13-15)8-11-20-12-9-18/h3-6,15,19H,7-13H2,1-2H3. The Bertz CT molecular complexity index is 483. The van der Waals surface area contributed by atoms with Crippen LogP contribution >= 0.6 is 0 Å². The van der Waals surface area contributed by atoms with Crippen molar-refractivity contribution in [2.75, 3.05) is 19.8 Å². The third-order valence-corrected chi connectivity index (χ3v) is 5.38. The van der Waals surface area contributed by atoms with Gasteiger partial charge in [-0.3, -0.25) is 0 Å². The summed E-state index contributed by atoms with van der Waals surface area (Å²) >= 11 is 0. The van der Waals surface area contributed by atoms with Crippen molar-refractivity contribution in [2.45, 2.75) is 50.7 Å². The van der Waals surface area contributed by atoms with Gasteiger partial charge in [-0.1, -0.05) is 24.3 Å². The molecule has 2 fully saturated rings. The van der Waals surface area contributed by atoms with Crippen molar-refractivity contribution in [1.29, 1.82) is 0 Å². The van der Waals surface area contributed by atoms with Gasteiger partial charge in [0.05, 0.1) is 11.2 Å². The fourth-order valence-electron chi connectivity index (χ4n) is 3.96. The molecule has 2 heterocycles. The summed E-state index contributed by atoms with van der Waals surface area (Å²) < 4.78 is 11.6. The van der Waals surface area contributed by atoms with Crippen molar-refractivity contribution < 1.29 is 14.6 Å². The molecule has 1 N–H and O–H groups in total. The molecule has 1 aromatic carbocycles. The van der Waals surface area contributed by atoms with E-state index in [1.54, 1.807) is 0 Å². The van der Waals surface area contributed by atoms with E-state index in [9.17, 15) is 5.11 Å². The van der Waals surface area contributed by atoms with Gasteiger partial charge in [-0.25, -0.2) is 0 Å². The first-order valence-electron chi connectivity index (χ1n) is 8.04. The quantitative estimate of drug-likeness (QED) is 0.909. The Hall–Kier alpha value is -0.900. The van der Waals surface area contributed by atoms with Gasteiger partial charge in [-0.15, -0.1) is 0 Å². The molecule has 1 aromatic rings. The first-order valence-corrected chi connectivity index (χ1v) is 8.04. The van der Waals surface area contributed by atoms with E-state index >= 15 is 0 Å². The van der Waals surface area contributed by atoms with Gasteiger partial charge >= 0.3 is 0 Å². The third kappa shape index (κ3) is 2.87. The van der Waals surface area contributed by atoms with Gasteiger partial charge in [0.25, 0.3) is 0 Å². The number of hydrogen-bond donors (Lipinski definition) is 1. The molecular weight excluding hydrogens is 264 g/mol. The maximum Gasteiger partial charge on any atom is 0.0901 e. The van der Waals surface area contributed by atoms with Gasteiger partial charge in [0.2, 0.25) is 0 Å². The summed E-state index contributed by atoms with van der Waals surface area (Å²) in [6.07, 6.45) is 3.75. The molecule has 0 aliphatic carbocycles. The summed E-state index contributed by atoms with van der Waals surface area (Å²) in [5, 5.41) is 11.2. The number of hydrogen-bond acceptors (Lipinski definition) is 3. The normalized spacial score (nSPS) is 28.2. The molecule has 2 aliphatic rings. The molecule has 0 radical (unpaired) electrons.